The number of morpholine rings is 1. The average Bonchev–Trinajstić information content (AvgIpc) is 2.27. The molecule has 1 unspecified atom stereocenters. The van der Waals surface area contributed by atoms with Crippen molar-refractivity contribution >= 4 is 12.0 Å². The normalized spacial score (nSPS) is 32.8. The van der Waals surface area contributed by atoms with Crippen molar-refractivity contribution in [3.63, 3.8) is 0 Å². The summed E-state index contributed by atoms with van der Waals surface area (Å²) >= 11 is 0. The second-order valence-electron chi connectivity index (χ2n) is 4.87. The molecule has 1 aliphatic heterocycles. The van der Waals surface area contributed by atoms with E-state index in [1.165, 1.54) is 4.90 Å². The predicted octanol–water partition coefficient (Wildman–Crippen LogP) is 0.280. The highest BCUT2D eigenvalue weighted by atomic mass is 16.5. The molecule has 2 fully saturated rings. The Labute approximate surface area is 99.9 Å². The molecule has 2 rings (SSSR count). The Morgan fingerprint density at radius 3 is 2.71 bits per heavy atom. The second-order valence-corrected chi connectivity index (χ2v) is 4.87. The van der Waals surface area contributed by atoms with E-state index in [1.54, 1.807) is 0 Å². The first kappa shape index (κ1) is 12.2. The Bertz CT molecular complexity index is 315. The summed E-state index contributed by atoms with van der Waals surface area (Å²) < 4.78 is 5.06. The van der Waals surface area contributed by atoms with Gasteiger partial charge >= 0.3 is 12.0 Å². The van der Waals surface area contributed by atoms with Gasteiger partial charge in [-0.15, -0.1) is 0 Å². The van der Waals surface area contributed by atoms with Gasteiger partial charge < -0.3 is 20.1 Å². The Balaban J connectivity index is 1.80. The van der Waals surface area contributed by atoms with Gasteiger partial charge in [0.2, 0.25) is 0 Å². The van der Waals surface area contributed by atoms with Crippen LogP contribution in [0.1, 0.15) is 19.8 Å². The average molecular weight is 242 g/mol. The van der Waals surface area contributed by atoms with Crippen molar-refractivity contribution in [2.24, 2.45) is 5.92 Å². The lowest BCUT2D eigenvalue weighted by Gasteiger charge is -2.37. The van der Waals surface area contributed by atoms with Gasteiger partial charge in [-0.2, -0.15) is 0 Å². The highest BCUT2D eigenvalue weighted by molar-refractivity contribution is 5.77. The first-order chi connectivity index (χ1) is 8.06. The van der Waals surface area contributed by atoms with Gasteiger partial charge in [-0.05, 0) is 18.8 Å². The van der Waals surface area contributed by atoms with Crippen molar-refractivity contribution in [1.82, 2.24) is 10.2 Å². The van der Waals surface area contributed by atoms with Crippen molar-refractivity contribution in [2.45, 2.75) is 31.9 Å². The van der Waals surface area contributed by atoms with Crippen LogP contribution in [-0.2, 0) is 9.53 Å². The molecule has 1 heterocycles. The third-order valence-corrected chi connectivity index (χ3v) is 3.33. The molecule has 0 aromatic rings. The van der Waals surface area contributed by atoms with Crippen LogP contribution < -0.4 is 5.32 Å². The molecule has 0 spiro atoms. The molecule has 2 amide bonds. The lowest BCUT2D eigenvalue weighted by molar-refractivity contribution is -0.154. The fourth-order valence-electron chi connectivity index (χ4n) is 2.27. The van der Waals surface area contributed by atoms with Crippen LogP contribution in [0.2, 0.25) is 0 Å². The number of amides is 2. The van der Waals surface area contributed by atoms with Crippen LogP contribution >= 0.6 is 0 Å². The number of carbonyl (C=O) groups is 2. The maximum absolute atomic E-state index is 11.8. The highest BCUT2D eigenvalue weighted by Gasteiger charge is 2.32. The third-order valence-electron chi connectivity index (χ3n) is 3.33. The number of nitrogens with zero attached hydrogens (tertiary/aromatic N) is 1. The van der Waals surface area contributed by atoms with Gasteiger partial charge in [0.15, 0.2) is 6.10 Å². The van der Waals surface area contributed by atoms with Crippen molar-refractivity contribution in [2.75, 3.05) is 19.7 Å². The van der Waals surface area contributed by atoms with Crippen molar-refractivity contribution in [3.8, 4) is 0 Å². The SMILES string of the molecule is CC1CC(NC(=O)N2CCOC(C(=O)O)C2)C1. The quantitative estimate of drug-likeness (QED) is 0.729. The lowest BCUT2D eigenvalue weighted by atomic mass is 9.82. The predicted molar refractivity (Wildman–Crippen MR) is 59.7 cm³/mol. The van der Waals surface area contributed by atoms with E-state index in [2.05, 4.69) is 12.2 Å². The molecule has 0 aromatic heterocycles. The van der Waals surface area contributed by atoms with E-state index in [0.717, 1.165) is 12.8 Å². The molecular formula is C11H18N2O4. The van der Waals surface area contributed by atoms with Gasteiger partial charge in [-0.25, -0.2) is 9.59 Å². The first-order valence-electron chi connectivity index (χ1n) is 5.96. The maximum atomic E-state index is 11.8. The summed E-state index contributed by atoms with van der Waals surface area (Å²) in [5.41, 5.74) is 0. The second kappa shape index (κ2) is 4.91. The number of aliphatic carboxylic acids is 1. The molecule has 1 aliphatic carbocycles. The van der Waals surface area contributed by atoms with Crippen molar-refractivity contribution in [1.29, 1.82) is 0 Å². The van der Waals surface area contributed by atoms with Gasteiger partial charge in [0.1, 0.15) is 0 Å². The van der Waals surface area contributed by atoms with Crippen LogP contribution in [0.4, 0.5) is 4.79 Å². The van der Waals surface area contributed by atoms with E-state index in [1.807, 2.05) is 0 Å². The van der Waals surface area contributed by atoms with E-state index in [4.69, 9.17) is 9.84 Å². The Morgan fingerprint density at radius 2 is 2.12 bits per heavy atom. The molecule has 2 N–H and O–H groups in total. The zero-order valence-electron chi connectivity index (χ0n) is 9.89. The number of urea groups is 1. The Morgan fingerprint density at radius 1 is 1.41 bits per heavy atom. The van der Waals surface area contributed by atoms with E-state index >= 15 is 0 Å². The molecule has 1 atom stereocenters. The molecule has 2 aliphatic rings. The van der Waals surface area contributed by atoms with Crippen molar-refractivity contribution in [3.05, 3.63) is 0 Å². The summed E-state index contributed by atoms with van der Waals surface area (Å²) in [6.07, 6.45) is 1.13. The van der Waals surface area contributed by atoms with Crippen LogP contribution in [0.5, 0.6) is 0 Å². The van der Waals surface area contributed by atoms with Crippen LogP contribution in [0, 0.1) is 5.92 Å². The largest absolute Gasteiger partial charge is 0.479 e. The summed E-state index contributed by atoms with van der Waals surface area (Å²) in [6, 6.07) is 0.0834. The lowest BCUT2D eigenvalue weighted by Crippen LogP contribution is -2.55. The van der Waals surface area contributed by atoms with Gasteiger partial charge in [0.05, 0.1) is 13.2 Å². The minimum Gasteiger partial charge on any atom is -0.479 e. The van der Waals surface area contributed by atoms with E-state index < -0.39 is 12.1 Å². The number of rotatable bonds is 2. The summed E-state index contributed by atoms with van der Waals surface area (Å²) in [5, 5.41) is 11.7. The molecule has 6 heteroatoms. The summed E-state index contributed by atoms with van der Waals surface area (Å²) in [6.45, 7) is 3.02. The van der Waals surface area contributed by atoms with E-state index in [9.17, 15) is 9.59 Å². The van der Waals surface area contributed by atoms with Crippen LogP contribution in [0.15, 0.2) is 0 Å². The summed E-state index contributed by atoms with van der Waals surface area (Å²) in [7, 11) is 0. The molecule has 0 radical (unpaired) electrons. The Kier molecular flexibility index (Phi) is 3.51. The van der Waals surface area contributed by atoms with Gasteiger partial charge in [-0.1, -0.05) is 6.92 Å². The monoisotopic (exact) mass is 242 g/mol. The molecule has 96 valence electrons. The van der Waals surface area contributed by atoms with Crippen molar-refractivity contribution < 1.29 is 19.4 Å². The molecule has 0 bridgehead atoms. The summed E-state index contributed by atoms with van der Waals surface area (Å²) in [4.78, 5) is 24.1. The molecule has 1 saturated heterocycles. The van der Waals surface area contributed by atoms with E-state index in [-0.39, 0.29) is 25.2 Å². The summed E-state index contributed by atoms with van der Waals surface area (Å²) in [5.74, 6) is -0.337. The minimum absolute atomic E-state index is 0.128. The third kappa shape index (κ3) is 2.88. The number of carboxylic acid groups (broad SMARTS) is 1. The fraction of sp³-hybridized carbons (Fsp3) is 0.818. The first-order valence-corrected chi connectivity index (χ1v) is 5.96. The minimum atomic E-state index is -1.01. The molecule has 17 heavy (non-hydrogen) atoms. The molecule has 1 saturated carbocycles. The van der Waals surface area contributed by atoms with Crippen LogP contribution in [0.25, 0.3) is 0 Å². The van der Waals surface area contributed by atoms with Crippen LogP contribution in [0.3, 0.4) is 0 Å². The number of hydrogen-bond acceptors (Lipinski definition) is 3. The van der Waals surface area contributed by atoms with Gasteiger partial charge in [0.25, 0.3) is 0 Å². The standard InChI is InChI=1S/C11H18N2O4/c1-7-4-8(5-7)12-11(16)13-2-3-17-9(6-13)10(14)15/h7-9H,2-6H2,1H3,(H,12,16)(H,14,15). The molecular weight excluding hydrogens is 224 g/mol. The van der Waals surface area contributed by atoms with Gasteiger partial charge in [-0.3, -0.25) is 0 Å². The van der Waals surface area contributed by atoms with Gasteiger partial charge in [0, 0.05) is 12.6 Å². The number of carbonyl (C=O) groups excluding carboxylic acids is 1. The molecule has 0 aromatic carbocycles. The number of nitrogens with one attached hydrogen (secondary N) is 1. The highest BCUT2D eigenvalue weighted by Crippen LogP contribution is 2.26. The zero-order chi connectivity index (χ0) is 12.4. The molecule has 6 nitrogen and oxygen atoms in total. The zero-order valence-corrected chi connectivity index (χ0v) is 9.89. The number of ether oxygens (including phenoxy) is 1. The maximum Gasteiger partial charge on any atom is 0.334 e. The number of hydrogen-bond donors (Lipinski definition) is 2. The topological polar surface area (TPSA) is 78.9 Å². The Hall–Kier alpha value is -1.30. The van der Waals surface area contributed by atoms with E-state index in [0.29, 0.717) is 12.5 Å². The smallest absolute Gasteiger partial charge is 0.334 e. The number of carboxylic acids is 1. The van der Waals surface area contributed by atoms with Crippen LogP contribution in [-0.4, -0.2) is 53.8 Å². The fourth-order valence-corrected chi connectivity index (χ4v) is 2.27.